The first-order valence-electron chi connectivity index (χ1n) is 8.98. The summed E-state index contributed by atoms with van der Waals surface area (Å²) in [6.07, 6.45) is 3.73. The number of ether oxygens (including phenoxy) is 1. The fourth-order valence-corrected chi connectivity index (χ4v) is 2.65. The Morgan fingerprint density at radius 3 is 2.88 bits per heavy atom. The van der Waals surface area contributed by atoms with Gasteiger partial charge in [0.05, 0.1) is 40.8 Å². The van der Waals surface area contributed by atoms with E-state index in [1.54, 1.807) is 13.3 Å². The van der Waals surface area contributed by atoms with Crippen LogP contribution in [0.2, 0.25) is 0 Å². The molecule has 0 saturated carbocycles. The van der Waals surface area contributed by atoms with Crippen molar-refractivity contribution in [3.8, 4) is 5.75 Å². The van der Waals surface area contributed by atoms with E-state index in [1.165, 1.54) is 4.90 Å². The van der Waals surface area contributed by atoms with E-state index in [-0.39, 0.29) is 6.03 Å². The minimum absolute atomic E-state index is 0.0512. The van der Waals surface area contributed by atoms with Gasteiger partial charge in [0, 0.05) is 25.5 Å². The molecule has 26 heavy (non-hydrogen) atoms. The van der Waals surface area contributed by atoms with Crippen LogP contribution in [0.4, 0.5) is 4.79 Å². The van der Waals surface area contributed by atoms with E-state index in [1.807, 2.05) is 36.2 Å². The third-order valence-electron chi connectivity index (χ3n) is 4.12. The summed E-state index contributed by atoms with van der Waals surface area (Å²) in [6.45, 7) is 5.28. The lowest BCUT2D eigenvalue weighted by Crippen LogP contribution is -3.06. The van der Waals surface area contributed by atoms with E-state index in [2.05, 4.69) is 35.0 Å². The average molecular weight is 360 g/mol. The summed E-state index contributed by atoms with van der Waals surface area (Å²) in [5.41, 5.74) is 1.13. The zero-order valence-corrected chi connectivity index (χ0v) is 16.2. The number of urea groups is 1. The Balaban J connectivity index is 2.11. The molecule has 2 aromatic rings. The van der Waals surface area contributed by atoms with Crippen LogP contribution in [-0.4, -0.2) is 61.3 Å². The number of rotatable bonds is 9. The highest BCUT2D eigenvalue weighted by molar-refractivity contribution is 5.74. The maximum atomic E-state index is 12.4. The Hall–Kier alpha value is -2.54. The molecule has 0 aliphatic rings. The number of likely N-dealkylation sites (N-methyl/N-ethyl adjacent to an activating group) is 1. The zero-order valence-electron chi connectivity index (χ0n) is 16.2. The lowest BCUT2D eigenvalue weighted by molar-refractivity contribution is -0.857. The first-order valence-corrected chi connectivity index (χ1v) is 8.98. The van der Waals surface area contributed by atoms with Crippen LogP contribution in [-0.2, 0) is 13.1 Å². The lowest BCUT2D eigenvalue weighted by atomic mass is 10.2. The molecule has 0 fully saturated rings. The number of amides is 2. The fraction of sp³-hybridized carbons (Fsp3) is 0.474. The first-order chi connectivity index (χ1) is 12.5. The van der Waals surface area contributed by atoms with Gasteiger partial charge in [-0.3, -0.25) is 0 Å². The van der Waals surface area contributed by atoms with Gasteiger partial charge >= 0.3 is 6.03 Å². The van der Waals surface area contributed by atoms with Gasteiger partial charge in [0.25, 0.3) is 0 Å². The number of hydrogen-bond acceptors (Lipinski definition) is 3. The minimum Gasteiger partial charge on any atom is -0.497 e. The lowest BCUT2D eigenvalue weighted by Gasteiger charge is -2.23. The van der Waals surface area contributed by atoms with E-state index in [4.69, 9.17) is 4.74 Å². The molecule has 2 N–H and O–H groups in total. The molecule has 7 nitrogen and oxygen atoms in total. The van der Waals surface area contributed by atoms with Crippen molar-refractivity contribution in [3.05, 3.63) is 48.0 Å². The topological polar surface area (TPSA) is 63.8 Å². The van der Waals surface area contributed by atoms with Crippen molar-refractivity contribution in [1.82, 2.24) is 19.8 Å². The Kier molecular flexibility index (Phi) is 7.47. The number of nitrogens with one attached hydrogen (secondary N) is 2. The normalized spacial score (nSPS) is 10.8. The molecule has 1 aromatic heterocycles. The summed E-state index contributed by atoms with van der Waals surface area (Å²) in [5, 5.41) is 2.89. The van der Waals surface area contributed by atoms with Crippen molar-refractivity contribution in [1.29, 1.82) is 0 Å². The van der Waals surface area contributed by atoms with Crippen molar-refractivity contribution in [2.75, 3.05) is 40.8 Å². The van der Waals surface area contributed by atoms with Gasteiger partial charge in [0.15, 0.2) is 0 Å². The molecule has 0 aliphatic carbocycles. The van der Waals surface area contributed by atoms with Crippen molar-refractivity contribution in [2.24, 2.45) is 0 Å². The minimum atomic E-state index is -0.0512. The van der Waals surface area contributed by atoms with E-state index in [0.717, 1.165) is 23.7 Å². The second-order valence-electron chi connectivity index (χ2n) is 6.54. The Bertz CT molecular complexity index is 699. The van der Waals surface area contributed by atoms with Gasteiger partial charge in [0.2, 0.25) is 0 Å². The Morgan fingerprint density at radius 1 is 1.38 bits per heavy atom. The van der Waals surface area contributed by atoms with Crippen molar-refractivity contribution >= 4 is 6.03 Å². The van der Waals surface area contributed by atoms with Crippen LogP contribution in [0.3, 0.4) is 0 Å². The van der Waals surface area contributed by atoms with Crippen LogP contribution < -0.4 is 15.0 Å². The van der Waals surface area contributed by atoms with Crippen LogP contribution in [0, 0.1) is 0 Å². The molecule has 1 aromatic carbocycles. The smallest absolute Gasteiger partial charge is 0.318 e. The number of imidazole rings is 1. The van der Waals surface area contributed by atoms with Crippen LogP contribution >= 0.6 is 0 Å². The van der Waals surface area contributed by atoms with Gasteiger partial charge in [-0.15, -0.1) is 0 Å². The van der Waals surface area contributed by atoms with Gasteiger partial charge in [-0.05, 0) is 24.6 Å². The summed E-state index contributed by atoms with van der Waals surface area (Å²) in [7, 11) is 5.83. The second kappa shape index (κ2) is 9.82. The highest BCUT2D eigenvalue weighted by atomic mass is 16.5. The van der Waals surface area contributed by atoms with Gasteiger partial charge in [-0.2, -0.15) is 0 Å². The number of hydrogen-bond donors (Lipinski definition) is 2. The first kappa shape index (κ1) is 19.8. The number of carbonyl (C=O) groups is 1. The number of nitrogens with zero attached hydrogens (tertiary/aromatic N) is 3. The van der Waals surface area contributed by atoms with Crippen LogP contribution in [0.1, 0.15) is 18.3 Å². The molecule has 0 unspecified atom stereocenters. The summed E-state index contributed by atoms with van der Waals surface area (Å²) in [5.74, 6) is 1.70. The maximum absolute atomic E-state index is 12.4. The molecule has 142 valence electrons. The number of carbonyl (C=O) groups excluding carboxylic acids is 1. The summed E-state index contributed by atoms with van der Waals surface area (Å²) in [6, 6.07) is 7.93. The Labute approximate surface area is 155 Å². The number of quaternary nitrogens is 1. The van der Waals surface area contributed by atoms with Crippen LogP contribution in [0.5, 0.6) is 5.75 Å². The summed E-state index contributed by atoms with van der Waals surface area (Å²) >= 11 is 0. The molecule has 0 saturated heterocycles. The molecule has 7 heteroatoms. The van der Waals surface area contributed by atoms with E-state index in [0.29, 0.717) is 26.2 Å². The molecule has 2 rings (SSSR count). The summed E-state index contributed by atoms with van der Waals surface area (Å²) in [4.78, 5) is 20.0. The zero-order chi connectivity index (χ0) is 18.9. The highest BCUT2D eigenvalue weighted by Gasteiger charge is 2.17. The van der Waals surface area contributed by atoms with Gasteiger partial charge < -0.3 is 24.4 Å². The Morgan fingerprint density at radius 2 is 2.19 bits per heavy atom. The highest BCUT2D eigenvalue weighted by Crippen LogP contribution is 2.15. The monoisotopic (exact) mass is 360 g/mol. The van der Waals surface area contributed by atoms with Crippen LogP contribution in [0.25, 0.3) is 0 Å². The average Bonchev–Trinajstić information content (AvgIpc) is 3.05. The van der Waals surface area contributed by atoms with Gasteiger partial charge in [-0.25, -0.2) is 9.78 Å². The maximum Gasteiger partial charge on any atom is 0.318 e. The molecular weight excluding hydrogens is 330 g/mol. The molecular formula is C19H30N5O2+. The van der Waals surface area contributed by atoms with Crippen molar-refractivity contribution in [2.45, 2.75) is 20.0 Å². The van der Waals surface area contributed by atoms with E-state index in [9.17, 15) is 4.79 Å². The standard InChI is InChI=1S/C19H29N5O2/c1-5-20-19(25)24(12-11-22(2)3)15-18-21-9-10-23(18)14-16-7-6-8-17(13-16)26-4/h6-10,13H,5,11-12,14-15H2,1-4H3,(H,20,25)/p+1. The van der Waals surface area contributed by atoms with Crippen molar-refractivity contribution < 1.29 is 14.4 Å². The number of benzene rings is 1. The van der Waals surface area contributed by atoms with Crippen LogP contribution in [0.15, 0.2) is 36.7 Å². The third-order valence-corrected chi connectivity index (χ3v) is 4.12. The predicted octanol–water partition coefficient (Wildman–Crippen LogP) is 0.616. The van der Waals surface area contributed by atoms with Gasteiger partial charge in [0.1, 0.15) is 11.6 Å². The van der Waals surface area contributed by atoms with E-state index >= 15 is 0 Å². The predicted molar refractivity (Wildman–Crippen MR) is 101 cm³/mol. The number of aromatic nitrogens is 2. The molecule has 1 heterocycles. The van der Waals surface area contributed by atoms with E-state index < -0.39 is 0 Å². The molecule has 0 radical (unpaired) electrons. The molecule has 0 aliphatic heterocycles. The molecule has 0 bridgehead atoms. The SMILES string of the molecule is CCNC(=O)N(CC[NH+](C)C)Cc1nccn1Cc1cccc(OC)c1. The number of methoxy groups -OCH3 is 1. The fourth-order valence-electron chi connectivity index (χ4n) is 2.65. The second-order valence-corrected chi connectivity index (χ2v) is 6.54. The summed E-state index contributed by atoms with van der Waals surface area (Å²) < 4.78 is 7.37. The largest absolute Gasteiger partial charge is 0.497 e. The molecule has 0 spiro atoms. The van der Waals surface area contributed by atoms with Gasteiger partial charge in [-0.1, -0.05) is 12.1 Å². The third kappa shape index (κ3) is 5.77. The quantitative estimate of drug-likeness (QED) is 0.689. The molecule has 0 atom stereocenters. The van der Waals surface area contributed by atoms with Crippen molar-refractivity contribution in [3.63, 3.8) is 0 Å². The molecule has 2 amide bonds.